The van der Waals surface area contributed by atoms with Crippen LogP contribution in [0.4, 0.5) is 0 Å². The average molecular weight is 330 g/mol. The number of aryl methyl sites for hydroxylation is 1. The third-order valence-corrected chi connectivity index (χ3v) is 4.87. The first kappa shape index (κ1) is 13.7. The van der Waals surface area contributed by atoms with E-state index in [1.165, 1.54) is 17.3 Å². The first-order valence-electron chi connectivity index (χ1n) is 6.87. The molecule has 1 aromatic carbocycles. The molecule has 3 heterocycles. The van der Waals surface area contributed by atoms with E-state index in [0.717, 1.165) is 26.6 Å². The lowest BCUT2D eigenvalue weighted by atomic mass is 9.95. The highest BCUT2D eigenvalue weighted by Gasteiger charge is 2.23. The summed E-state index contributed by atoms with van der Waals surface area (Å²) in [6.45, 7) is 2.60. The summed E-state index contributed by atoms with van der Waals surface area (Å²) in [7, 11) is 0. The Morgan fingerprint density at radius 1 is 1.23 bits per heavy atom. The Morgan fingerprint density at radius 2 is 2.05 bits per heavy atom. The van der Waals surface area contributed by atoms with Crippen LogP contribution in [0.25, 0.3) is 0 Å². The molecular formula is C15H12ClN5S. The van der Waals surface area contributed by atoms with Crippen LogP contribution in [-0.2, 0) is 0 Å². The maximum absolute atomic E-state index is 5.95. The fourth-order valence-electron chi connectivity index (χ4n) is 2.46. The second-order valence-electron chi connectivity index (χ2n) is 5.11. The number of aromatic nitrogens is 3. The quantitative estimate of drug-likeness (QED) is 0.806. The molecule has 7 heteroatoms. The molecule has 0 amide bonds. The summed E-state index contributed by atoms with van der Waals surface area (Å²) in [5.74, 6) is 1.01. The SMILES string of the molecule is Cc1nnc2n1N=CC1=C[C@@H](c3ccc(Cl)cc3)CN=C1S2. The first-order valence-corrected chi connectivity index (χ1v) is 8.06. The number of halogens is 1. The minimum Gasteiger partial charge on any atom is -0.276 e. The van der Waals surface area contributed by atoms with Crippen molar-refractivity contribution in [3.05, 3.63) is 52.3 Å². The van der Waals surface area contributed by atoms with Gasteiger partial charge in [0.05, 0.1) is 12.8 Å². The van der Waals surface area contributed by atoms with Gasteiger partial charge in [-0.2, -0.15) is 9.78 Å². The average Bonchev–Trinajstić information content (AvgIpc) is 2.77. The van der Waals surface area contributed by atoms with Crippen LogP contribution >= 0.6 is 23.4 Å². The molecule has 2 aliphatic heterocycles. The van der Waals surface area contributed by atoms with Gasteiger partial charge in [-0.3, -0.25) is 4.99 Å². The minimum atomic E-state index is 0.243. The zero-order chi connectivity index (χ0) is 15.1. The summed E-state index contributed by atoms with van der Waals surface area (Å²) in [6, 6.07) is 7.92. The van der Waals surface area contributed by atoms with Gasteiger partial charge in [0.15, 0.2) is 5.82 Å². The Labute approximate surface area is 136 Å². The summed E-state index contributed by atoms with van der Waals surface area (Å²) < 4.78 is 1.74. The van der Waals surface area contributed by atoms with Gasteiger partial charge in [0, 0.05) is 16.5 Å². The number of hydrogen-bond donors (Lipinski definition) is 0. The molecular weight excluding hydrogens is 318 g/mol. The monoisotopic (exact) mass is 329 g/mol. The first-order chi connectivity index (χ1) is 10.7. The molecule has 1 atom stereocenters. The predicted molar refractivity (Wildman–Crippen MR) is 89.1 cm³/mol. The van der Waals surface area contributed by atoms with E-state index >= 15 is 0 Å². The number of nitrogens with zero attached hydrogens (tertiary/aromatic N) is 5. The summed E-state index contributed by atoms with van der Waals surface area (Å²) >= 11 is 7.46. The van der Waals surface area contributed by atoms with Gasteiger partial charge in [0.25, 0.3) is 0 Å². The van der Waals surface area contributed by atoms with Crippen LogP contribution < -0.4 is 0 Å². The Balaban J connectivity index is 1.68. The maximum atomic E-state index is 5.95. The molecule has 1 aromatic heterocycles. The highest BCUT2D eigenvalue weighted by Crippen LogP contribution is 2.31. The van der Waals surface area contributed by atoms with Crippen molar-refractivity contribution in [3.63, 3.8) is 0 Å². The van der Waals surface area contributed by atoms with Crippen molar-refractivity contribution in [2.24, 2.45) is 10.1 Å². The van der Waals surface area contributed by atoms with Gasteiger partial charge >= 0.3 is 0 Å². The predicted octanol–water partition coefficient (Wildman–Crippen LogP) is 3.30. The number of hydrogen-bond acceptors (Lipinski definition) is 5. The molecule has 0 N–H and O–H groups in total. The third kappa shape index (κ3) is 2.38. The van der Waals surface area contributed by atoms with Crippen LogP contribution in [0.1, 0.15) is 17.3 Å². The van der Waals surface area contributed by atoms with Gasteiger partial charge in [-0.05, 0) is 36.4 Å². The minimum absolute atomic E-state index is 0.243. The number of thioether (sulfide) groups is 1. The highest BCUT2D eigenvalue weighted by atomic mass is 35.5. The van der Waals surface area contributed by atoms with Crippen molar-refractivity contribution in [3.8, 4) is 0 Å². The van der Waals surface area contributed by atoms with Gasteiger partial charge in [0.1, 0.15) is 5.04 Å². The van der Waals surface area contributed by atoms with Crippen LogP contribution in [0.5, 0.6) is 0 Å². The Bertz CT molecular complexity index is 819. The van der Waals surface area contributed by atoms with Crippen LogP contribution in [0.3, 0.4) is 0 Å². The topological polar surface area (TPSA) is 55.4 Å². The maximum Gasteiger partial charge on any atom is 0.218 e. The van der Waals surface area contributed by atoms with Crippen molar-refractivity contribution in [1.29, 1.82) is 0 Å². The number of fused-ring (bicyclic) bond motifs is 2. The van der Waals surface area contributed by atoms with Crippen LogP contribution in [0.15, 0.2) is 51.2 Å². The zero-order valence-corrected chi connectivity index (χ0v) is 13.3. The Morgan fingerprint density at radius 3 is 2.86 bits per heavy atom. The largest absolute Gasteiger partial charge is 0.276 e. The van der Waals surface area contributed by atoms with E-state index in [1.807, 2.05) is 37.4 Å². The van der Waals surface area contributed by atoms with Crippen molar-refractivity contribution in [2.45, 2.75) is 18.0 Å². The molecule has 5 nitrogen and oxygen atoms in total. The zero-order valence-electron chi connectivity index (χ0n) is 11.8. The van der Waals surface area contributed by atoms with E-state index in [-0.39, 0.29) is 5.92 Å². The molecule has 0 radical (unpaired) electrons. The van der Waals surface area contributed by atoms with E-state index in [9.17, 15) is 0 Å². The second kappa shape index (κ2) is 5.37. The Kier molecular flexibility index (Phi) is 3.35. The van der Waals surface area contributed by atoms with E-state index in [2.05, 4.69) is 21.4 Å². The molecule has 4 rings (SSSR count). The second-order valence-corrected chi connectivity index (χ2v) is 6.51. The van der Waals surface area contributed by atoms with E-state index in [1.54, 1.807) is 4.68 Å². The number of aliphatic imine (C=N–C) groups is 1. The normalized spacial score (nSPS) is 19.8. The summed E-state index contributed by atoms with van der Waals surface area (Å²) in [5.41, 5.74) is 2.24. The molecule has 0 aliphatic carbocycles. The molecule has 0 bridgehead atoms. The molecule has 0 fully saturated rings. The summed E-state index contributed by atoms with van der Waals surface area (Å²) in [6.07, 6.45) is 4.04. The Hall–Kier alpha value is -1.92. The van der Waals surface area contributed by atoms with Gasteiger partial charge in [0.2, 0.25) is 5.16 Å². The lowest BCUT2D eigenvalue weighted by Gasteiger charge is -2.18. The fraction of sp³-hybridized carbons (Fsp3) is 0.200. The van der Waals surface area contributed by atoms with Crippen molar-refractivity contribution >= 4 is 34.6 Å². The van der Waals surface area contributed by atoms with Gasteiger partial charge in [-0.1, -0.05) is 29.8 Å². The van der Waals surface area contributed by atoms with Crippen molar-refractivity contribution in [2.75, 3.05) is 6.54 Å². The molecule has 2 aromatic rings. The number of benzene rings is 1. The molecule has 0 saturated carbocycles. The van der Waals surface area contributed by atoms with E-state index in [4.69, 9.17) is 16.6 Å². The molecule has 0 unspecified atom stereocenters. The van der Waals surface area contributed by atoms with Crippen LogP contribution in [0, 0.1) is 6.92 Å². The lowest BCUT2D eigenvalue weighted by Crippen LogP contribution is -2.12. The highest BCUT2D eigenvalue weighted by molar-refractivity contribution is 8.14. The van der Waals surface area contributed by atoms with Crippen LogP contribution in [0.2, 0.25) is 5.02 Å². The van der Waals surface area contributed by atoms with Gasteiger partial charge in [-0.25, -0.2) is 0 Å². The van der Waals surface area contributed by atoms with Gasteiger partial charge in [-0.15, -0.1) is 10.2 Å². The van der Waals surface area contributed by atoms with E-state index < -0.39 is 0 Å². The standard InChI is InChI=1S/C15H12ClN5S/c1-9-19-20-15-21(9)18-8-12-6-11(7-17-14(12)22-15)10-2-4-13(16)5-3-10/h2-6,8,11H,7H2,1H3/t11-/m1/s1. The van der Waals surface area contributed by atoms with E-state index in [0.29, 0.717) is 6.54 Å². The molecule has 22 heavy (non-hydrogen) atoms. The molecule has 110 valence electrons. The third-order valence-electron chi connectivity index (χ3n) is 3.63. The molecule has 2 aliphatic rings. The number of dihydropyridines is 1. The molecule has 0 saturated heterocycles. The molecule has 0 spiro atoms. The van der Waals surface area contributed by atoms with Crippen LogP contribution in [-0.4, -0.2) is 32.7 Å². The summed E-state index contributed by atoms with van der Waals surface area (Å²) in [4.78, 5) is 4.71. The lowest BCUT2D eigenvalue weighted by molar-refractivity contribution is 0.747. The fourth-order valence-corrected chi connectivity index (χ4v) is 3.48. The van der Waals surface area contributed by atoms with Gasteiger partial charge < -0.3 is 0 Å². The summed E-state index contributed by atoms with van der Waals surface area (Å²) in [5, 5.41) is 15.1. The number of rotatable bonds is 1. The van der Waals surface area contributed by atoms with Crippen molar-refractivity contribution in [1.82, 2.24) is 14.9 Å². The van der Waals surface area contributed by atoms with Crippen molar-refractivity contribution < 1.29 is 0 Å². The smallest absolute Gasteiger partial charge is 0.218 e.